The molecule has 1 aromatic carbocycles. The van der Waals surface area contributed by atoms with Gasteiger partial charge < -0.3 is 19.7 Å². The largest absolute Gasteiger partial charge is 0.394 e. The van der Waals surface area contributed by atoms with Gasteiger partial charge >= 0.3 is 0 Å². The Bertz CT molecular complexity index is 510. The van der Waals surface area contributed by atoms with Crippen LogP contribution >= 0.6 is 0 Å². The zero-order valence-electron chi connectivity index (χ0n) is 12.4. The number of hydrogen-bond donors (Lipinski definition) is 2. The molecule has 0 saturated heterocycles. The van der Waals surface area contributed by atoms with Gasteiger partial charge in [0.15, 0.2) is 0 Å². The topological polar surface area (TPSA) is 46.4 Å². The highest BCUT2D eigenvalue weighted by Crippen LogP contribution is 2.24. The van der Waals surface area contributed by atoms with Gasteiger partial charge in [0.1, 0.15) is 0 Å². The molecular formula is C16H24N2O2. The Hall–Kier alpha value is -1.36. The number of rotatable bonds is 8. The molecule has 0 fully saturated rings. The molecule has 0 spiro atoms. The second-order valence-electron chi connectivity index (χ2n) is 5.01. The van der Waals surface area contributed by atoms with Gasteiger partial charge in [-0.1, -0.05) is 18.2 Å². The van der Waals surface area contributed by atoms with Gasteiger partial charge in [-0.3, -0.25) is 0 Å². The Kier molecular flexibility index (Phi) is 5.59. The van der Waals surface area contributed by atoms with Crippen LogP contribution in [0.5, 0.6) is 0 Å². The van der Waals surface area contributed by atoms with Crippen LogP contribution in [0.3, 0.4) is 0 Å². The van der Waals surface area contributed by atoms with E-state index in [2.05, 4.69) is 48.1 Å². The minimum absolute atomic E-state index is 0.0998. The zero-order chi connectivity index (χ0) is 14.4. The van der Waals surface area contributed by atoms with Crippen LogP contribution < -0.4 is 5.32 Å². The molecule has 0 aliphatic rings. The van der Waals surface area contributed by atoms with Crippen LogP contribution in [0.2, 0.25) is 0 Å². The normalized spacial score (nSPS) is 11.3. The number of fused-ring (bicyclic) bond motifs is 1. The lowest BCUT2D eigenvalue weighted by molar-refractivity contribution is 0.0907. The zero-order valence-corrected chi connectivity index (χ0v) is 12.4. The second kappa shape index (κ2) is 7.43. The van der Waals surface area contributed by atoms with Crippen molar-refractivity contribution in [1.82, 2.24) is 9.88 Å². The second-order valence-corrected chi connectivity index (χ2v) is 5.01. The molecule has 0 radical (unpaired) electrons. The van der Waals surface area contributed by atoms with Crippen LogP contribution in [-0.2, 0) is 18.3 Å². The predicted octanol–water partition coefficient (Wildman–Crippen LogP) is 1.98. The maximum absolute atomic E-state index is 8.60. The minimum atomic E-state index is 0.0998. The van der Waals surface area contributed by atoms with Crippen molar-refractivity contribution in [3.8, 4) is 0 Å². The number of hydrogen-bond acceptors (Lipinski definition) is 3. The fraction of sp³-hybridized carbons (Fsp3) is 0.500. The van der Waals surface area contributed by atoms with Gasteiger partial charge in [-0.15, -0.1) is 0 Å². The van der Waals surface area contributed by atoms with E-state index in [-0.39, 0.29) is 6.61 Å². The van der Waals surface area contributed by atoms with Gasteiger partial charge in [0.25, 0.3) is 0 Å². The molecular weight excluding hydrogens is 252 g/mol. The number of benzene rings is 1. The van der Waals surface area contributed by atoms with Crippen LogP contribution in [0, 0.1) is 6.92 Å². The lowest BCUT2D eigenvalue weighted by Gasteiger charge is -2.08. The average molecular weight is 276 g/mol. The Morgan fingerprint density at radius 3 is 2.80 bits per heavy atom. The number of para-hydroxylation sites is 1. The van der Waals surface area contributed by atoms with Gasteiger partial charge in [-0.2, -0.15) is 0 Å². The van der Waals surface area contributed by atoms with Crippen molar-refractivity contribution in [1.29, 1.82) is 0 Å². The lowest BCUT2D eigenvalue weighted by Crippen LogP contribution is -2.19. The summed E-state index contributed by atoms with van der Waals surface area (Å²) in [5.74, 6) is 0. The molecule has 1 aromatic heterocycles. The highest BCUT2D eigenvalue weighted by Gasteiger charge is 2.10. The Labute approximate surface area is 120 Å². The van der Waals surface area contributed by atoms with E-state index in [0.717, 1.165) is 19.5 Å². The number of aliphatic hydroxyl groups is 1. The third kappa shape index (κ3) is 3.39. The van der Waals surface area contributed by atoms with E-state index in [9.17, 15) is 0 Å². The SMILES string of the molecule is Cc1c(CNCCCOCCO)n(C)c2ccccc12. The average Bonchev–Trinajstić information content (AvgIpc) is 2.71. The third-order valence-corrected chi connectivity index (χ3v) is 3.68. The Morgan fingerprint density at radius 2 is 2.05 bits per heavy atom. The molecule has 20 heavy (non-hydrogen) atoms. The van der Waals surface area contributed by atoms with Crippen LogP contribution in [0.15, 0.2) is 24.3 Å². The fourth-order valence-corrected chi connectivity index (χ4v) is 2.56. The monoisotopic (exact) mass is 276 g/mol. The van der Waals surface area contributed by atoms with Crippen molar-refractivity contribution in [2.45, 2.75) is 19.9 Å². The molecule has 2 rings (SSSR count). The van der Waals surface area contributed by atoms with Gasteiger partial charge in [-0.05, 0) is 31.5 Å². The first-order valence-electron chi connectivity index (χ1n) is 7.18. The summed E-state index contributed by atoms with van der Waals surface area (Å²) < 4.78 is 7.50. The minimum Gasteiger partial charge on any atom is -0.394 e. The third-order valence-electron chi connectivity index (χ3n) is 3.68. The summed E-state index contributed by atoms with van der Waals surface area (Å²) in [6, 6.07) is 8.51. The maximum Gasteiger partial charge on any atom is 0.0697 e. The van der Waals surface area contributed by atoms with Crippen molar-refractivity contribution in [2.24, 2.45) is 7.05 Å². The Morgan fingerprint density at radius 1 is 1.25 bits per heavy atom. The summed E-state index contributed by atoms with van der Waals surface area (Å²) in [5.41, 5.74) is 3.97. The number of nitrogens with one attached hydrogen (secondary N) is 1. The highest BCUT2D eigenvalue weighted by molar-refractivity contribution is 5.85. The molecule has 1 heterocycles. The van der Waals surface area contributed by atoms with Crippen molar-refractivity contribution in [3.05, 3.63) is 35.5 Å². The number of aromatic nitrogens is 1. The molecule has 2 N–H and O–H groups in total. The first-order chi connectivity index (χ1) is 9.75. The molecule has 4 nitrogen and oxygen atoms in total. The van der Waals surface area contributed by atoms with Crippen molar-refractivity contribution in [3.63, 3.8) is 0 Å². The van der Waals surface area contributed by atoms with Crippen LogP contribution in [0.1, 0.15) is 17.7 Å². The summed E-state index contributed by atoms with van der Waals surface area (Å²) >= 11 is 0. The molecule has 0 aliphatic heterocycles. The first kappa shape index (κ1) is 15.0. The Balaban J connectivity index is 1.87. The summed E-state index contributed by atoms with van der Waals surface area (Å²) in [4.78, 5) is 0. The van der Waals surface area contributed by atoms with Gasteiger partial charge in [-0.25, -0.2) is 0 Å². The van der Waals surface area contributed by atoms with Crippen LogP contribution in [0.25, 0.3) is 10.9 Å². The van der Waals surface area contributed by atoms with Crippen molar-refractivity contribution >= 4 is 10.9 Å². The van der Waals surface area contributed by atoms with Crippen LogP contribution in [-0.4, -0.2) is 36.0 Å². The smallest absolute Gasteiger partial charge is 0.0697 e. The summed E-state index contributed by atoms with van der Waals surface area (Å²) in [7, 11) is 2.12. The molecule has 4 heteroatoms. The molecule has 0 aliphatic carbocycles. The standard InChI is InChI=1S/C16H24N2O2/c1-13-14-6-3-4-7-15(14)18(2)16(13)12-17-8-5-10-20-11-9-19/h3-4,6-7,17,19H,5,8-12H2,1-2H3. The van der Waals surface area contributed by atoms with E-state index < -0.39 is 0 Å². The predicted molar refractivity (Wildman–Crippen MR) is 81.9 cm³/mol. The number of nitrogens with zero attached hydrogens (tertiary/aromatic N) is 1. The fourth-order valence-electron chi connectivity index (χ4n) is 2.56. The first-order valence-corrected chi connectivity index (χ1v) is 7.18. The molecule has 0 amide bonds. The maximum atomic E-state index is 8.60. The van der Waals surface area contributed by atoms with E-state index >= 15 is 0 Å². The van der Waals surface area contributed by atoms with E-state index in [1.54, 1.807) is 0 Å². The number of aryl methyl sites for hydroxylation is 2. The van der Waals surface area contributed by atoms with Gasteiger partial charge in [0.05, 0.1) is 13.2 Å². The number of aliphatic hydroxyl groups excluding tert-OH is 1. The molecule has 0 bridgehead atoms. The molecule has 0 saturated carbocycles. The molecule has 2 aromatic rings. The molecule has 110 valence electrons. The summed E-state index contributed by atoms with van der Waals surface area (Å²) in [6.45, 7) is 5.21. The van der Waals surface area contributed by atoms with Gasteiger partial charge in [0.2, 0.25) is 0 Å². The van der Waals surface area contributed by atoms with E-state index in [0.29, 0.717) is 13.2 Å². The summed E-state index contributed by atoms with van der Waals surface area (Å²) in [5, 5.41) is 13.4. The van der Waals surface area contributed by atoms with E-state index in [1.165, 1.54) is 22.2 Å². The molecule has 0 atom stereocenters. The van der Waals surface area contributed by atoms with E-state index in [4.69, 9.17) is 9.84 Å². The highest BCUT2D eigenvalue weighted by atomic mass is 16.5. The lowest BCUT2D eigenvalue weighted by atomic mass is 10.1. The number of ether oxygens (including phenoxy) is 1. The van der Waals surface area contributed by atoms with E-state index in [1.807, 2.05) is 0 Å². The van der Waals surface area contributed by atoms with Gasteiger partial charge in [0, 0.05) is 36.8 Å². The quantitative estimate of drug-likeness (QED) is 0.725. The molecule has 0 unspecified atom stereocenters. The van der Waals surface area contributed by atoms with Crippen molar-refractivity contribution < 1.29 is 9.84 Å². The summed E-state index contributed by atoms with van der Waals surface area (Å²) in [6.07, 6.45) is 0.961. The van der Waals surface area contributed by atoms with Crippen molar-refractivity contribution in [2.75, 3.05) is 26.4 Å². The van der Waals surface area contributed by atoms with Crippen LogP contribution in [0.4, 0.5) is 0 Å².